The van der Waals surface area contributed by atoms with Crippen LogP contribution < -0.4 is 16.6 Å². The second-order valence-corrected chi connectivity index (χ2v) is 6.80. The number of aromatic nitrogens is 2. The van der Waals surface area contributed by atoms with E-state index in [1.807, 2.05) is 0 Å². The van der Waals surface area contributed by atoms with Crippen LogP contribution in [0.1, 0.15) is 24.8 Å². The minimum Gasteiger partial charge on any atom is -0.394 e. The van der Waals surface area contributed by atoms with E-state index in [1.54, 1.807) is 11.8 Å². The lowest BCUT2D eigenvalue weighted by molar-refractivity contribution is -0.125. The molecule has 7 nitrogen and oxygen atoms in total. The minimum absolute atomic E-state index is 0.0216. The maximum atomic E-state index is 14.5. The number of anilines is 2. The summed E-state index contributed by atoms with van der Waals surface area (Å²) in [5.41, 5.74) is 5.08. The Morgan fingerprint density at radius 1 is 1.46 bits per heavy atom. The van der Waals surface area contributed by atoms with Gasteiger partial charge in [0.15, 0.2) is 0 Å². The van der Waals surface area contributed by atoms with E-state index in [0.29, 0.717) is 0 Å². The van der Waals surface area contributed by atoms with E-state index in [9.17, 15) is 22.8 Å². The van der Waals surface area contributed by atoms with Gasteiger partial charge in [0.25, 0.3) is 11.5 Å². The van der Waals surface area contributed by atoms with Crippen LogP contribution in [0, 0.1) is 5.82 Å². The lowest BCUT2D eigenvalue weighted by Crippen LogP contribution is -2.52. The summed E-state index contributed by atoms with van der Waals surface area (Å²) >= 11 is 0. The minimum atomic E-state index is -3.00. The van der Waals surface area contributed by atoms with Gasteiger partial charge in [-0.15, -0.1) is 0 Å². The number of nitrogens with one attached hydrogen (secondary N) is 2. The number of nitrogens with zero attached hydrogens (tertiary/aromatic N) is 2. The molecule has 1 amide bonds. The number of hydrogen-bond donors (Lipinski definition) is 3. The van der Waals surface area contributed by atoms with Gasteiger partial charge in [-0.2, -0.15) is 0 Å². The van der Waals surface area contributed by atoms with Gasteiger partial charge in [-0.25, -0.2) is 18.2 Å². The molecule has 1 unspecified atom stereocenters. The molecule has 0 radical (unpaired) electrons. The van der Waals surface area contributed by atoms with Crippen molar-refractivity contribution in [1.29, 1.82) is 0 Å². The van der Waals surface area contributed by atoms with Crippen LogP contribution in [0.3, 0.4) is 0 Å². The van der Waals surface area contributed by atoms with Crippen LogP contribution >= 0.6 is 0 Å². The van der Waals surface area contributed by atoms with E-state index in [1.165, 1.54) is 18.3 Å². The molecule has 10 heteroatoms. The lowest BCUT2D eigenvalue weighted by Gasteiger charge is -2.40. The van der Waals surface area contributed by atoms with Gasteiger partial charge >= 0.3 is 0 Å². The van der Waals surface area contributed by atoms with Crippen LogP contribution in [-0.2, 0) is 4.79 Å². The molecule has 2 aromatic heterocycles. The van der Waals surface area contributed by atoms with Crippen molar-refractivity contribution in [3.8, 4) is 0 Å². The molecule has 28 heavy (non-hydrogen) atoms. The second kappa shape index (κ2) is 7.63. The number of alkyl halides is 2. The third-order valence-electron chi connectivity index (χ3n) is 4.92. The van der Waals surface area contributed by atoms with Crippen LogP contribution in [0.25, 0.3) is 0 Å². The molecule has 0 spiro atoms. The summed E-state index contributed by atoms with van der Waals surface area (Å²) in [6.45, 7) is 1.53. The van der Waals surface area contributed by atoms with Gasteiger partial charge < -0.3 is 16.0 Å². The molecule has 3 heterocycles. The van der Waals surface area contributed by atoms with Gasteiger partial charge in [0.1, 0.15) is 11.6 Å². The van der Waals surface area contributed by atoms with Crippen molar-refractivity contribution >= 4 is 17.4 Å². The number of halogens is 3. The number of aromatic amines is 1. The van der Waals surface area contributed by atoms with Crippen molar-refractivity contribution in [2.24, 2.45) is 0 Å². The number of pyridine rings is 2. The van der Waals surface area contributed by atoms with Crippen LogP contribution in [-0.4, -0.2) is 45.8 Å². The molecule has 4 N–H and O–H groups in total. The monoisotopic (exact) mass is 395 g/mol. The van der Waals surface area contributed by atoms with E-state index < -0.39 is 41.6 Å². The summed E-state index contributed by atoms with van der Waals surface area (Å²) in [4.78, 5) is 31.6. The molecule has 2 aromatic rings. The van der Waals surface area contributed by atoms with Gasteiger partial charge in [-0.05, 0) is 30.7 Å². The predicted molar refractivity (Wildman–Crippen MR) is 97.6 cm³/mol. The first-order valence-electron chi connectivity index (χ1n) is 8.70. The molecule has 1 saturated heterocycles. The average Bonchev–Trinajstić information content (AvgIpc) is 2.65. The molecular formula is C18H20F3N5O2. The van der Waals surface area contributed by atoms with E-state index >= 15 is 0 Å². The molecule has 1 fully saturated rings. The average molecular weight is 395 g/mol. The molecule has 2 atom stereocenters. The highest BCUT2D eigenvalue weighted by Crippen LogP contribution is 2.40. The van der Waals surface area contributed by atoms with Crippen molar-refractivity contribution in [3.05, 3.63) is 52.3 Å². The Bertz CT molecular complexity index is 916. The number of piperidine rings is 1. The predicted octanol–water partition coefficient (Wildman–Crippen LogP) is 1.94. The van der Waals surface area contributed by atoms with E-state index in [-0.39, 0.29) is 30.2 Å². The Kier molecular flexibility index (Phi) is 5.41. The van der Waals surface area contributed by atoms with E-state index in [0.717, 1.165) is 12.3 Å². The fourth-order valence-corrected chi connectivity index (χ4v) is 3.19. The summed E-state index contributed by atoms with van der Waals surface area (Å²) in [6.07, 6.45) is 1.76. The highest BCUT2D eigenvalue weighted by molar-refractivity contribution is 5.93. The highest BCUT2D eigenvalue weighted by Gasteiger charge is 2.46. The maximum Gasteiger partial charge on any atom is 0.271 e. The molecular weight excluding hydrogens is 375 g/mol. The Labute approximate surface area is 158 Å². The molecule has 0 bridgehead atoms. The van der Waals surface area contributed by atoms with Gasteiger partial charge in [0.2, 0.25) is 5.91 Å². The topological polar surface area (TPSA) is 104 Å². The van der Waals surface area contributed by atoms with Crippen molar-refractivity contribution in [3.63, 3.8) is 0 Å². The van der Waals surface area contributed by atoms with Crippen molar-refractivity contribution in [2.45, 2.75) is 31.2 Å². The number of likely N-dealkylation sites (tertiary alicyclic amines) is 1. The SMILES string of the molecule is CC(C(=O)Nc1ccc(F)cn1)N1CCC(F)(F)[C@@H](c2c[nH]c(=O)c(N)c2)C1. The van der Waals surface area contributed by atoms with Crippen LogP contribution in [0.5, 0.6) is 0 Å². The molecule has 3 rings (SSSR count). The van der Waals surface area contributed by atoms with E-state index in [2.05, 4.69) is 15.3 Å². The third kappa shape index (κ3) is 4.16. The standard InChI is InChI=1S/C18H20F3N5O2/c1-10(16(27)25-15-3-2-12(19)8-23-15)26-5-4-18(20,21)13(9-26)11-6-14(22)17(28)24-7-11/h2-3,6-8,10,13H,4-5,9,22H2,1H3,(H,24,28)(H,23,25,27)/t10?,13-/m1/s1. The van der Waals surface area contributed by atoms with Crippen LogP contribution in [0.2, 0.25) is 0 Å². The van der Waals surface area contributed by atoms with Gasteiger partial charge in [-0.1, -0.05) is 0 Å². The summed E-state index contributed by atoms with van der Waals surface area (Å²) in [7, 11) is 0. The number of carbonyl (C=O) groups excluding carboxylic acids is 1. The zero-order chi connectivity index (χ0) is 20.5. The zero-order valence-corrected chi connectivity index (χ0v) is 15.1. The number of H-pyrrole nitrogens is 1. The summed E-state index contributed by atoms with van der Waals surface area (Å²) in [5.74, 6) is -5.03. The Balaban J connectivity index is 1.75. The summed E-state index contributed by atoms with van der Waals surface area (Å²) in [5, 5.41) is 2.54. The summed E-state index contributed by atoms with van der Waals surface area (Å²) < 4.78 is 41.9. The fraction of sp³-hybridized carbons (Fsp3) is 0.389. The van der Waals surface area contributed by atoms with Crippen molar-refractivity contribution in [1.82, 2.24) is 14.9 Å². The van der Waals surface area contributed by atoms with Gasteiger partial charge in [-0.3, -0.25) is 14.5 Å². The molecule has 150 valence electrons. The number of hydrogen-bond acceptors (Lipinski definition) is 5. The number of rotatable bonds is 4. The molecule has 1 aliphatic rings. The fourth-order valence-electron chi connectivity index (χ4n) is 3.19. The van der Waals surface area contributed by atoms with Crippen molar-refractivity contribution in [2.75, 3.05) is 24.1 Å². The Morgan fingerprint density at radius 2 is 2.21 bits per heavy atom. The quantitative estimate of drug-likeness (QED) is 0.734. The normalized spacial score (nSPS) is 20.5. The van der Waals surface area contributed by atoms with E-state index in [4.69, 9.17) is 5.73 Å². The van der Waals surface area contributed by atoms with Gasteiger partial charge in [0, 0.05) is 25.7 Å². The summed E-state index contributed by atoms with van der Waals surface area (Å²) in [6, 6.07) is 3.00. The van der Waals surface area contributed by atoms with Gasteiger partial charge in [0.05, 0.1) is 23.8 Å². The number of amides is 1. The molecule has 0 aromatic carbocycles. The third-order valence-corrected chi connectivity index (χ3v) is 4.92. The molecule has 0 saturated carbocycles. The number of carbonyl (C=O) groups is 1. The second-order valence-electron chi connectivity index (χ2n) is 6.80. The first-order valence-corrected chi connectivity index (χ1v) is 8.70. The number of nitrogen functional groups attached to an aromatic ring is 1. The first-order chi connectivity index (χ1) is 13.2. The zero-order valence-electron chi connectivity index (χ0n) is 15.1. The Hall–Kier alpha value is -2.88. The van der Waals surface area contributed by atoms with Crippen LogP contribution in [0.4, 0.5) is 24.7 Å². The Morgan fingerprint density at radius 3 is 2.86 bits per heavy atom. The molecule has 0 aliphatic carbocycles. The van der Waals surface area contributed by atoms with Crippen molar-refractivity contribution < 1.29 is 18.0 Å². The molecule has 1 aliphatic heterocycles. The highest BCUT2D eigenvalue weighted by atomic mass is 19.3. The largest absolute Gasteiger partial charge is 0.394 e. The maximum absolute atomic E-state index is 14.5. The number of nitrogens with two attached hydrogens (primary N) is 1. The van der Waals surface area contributed by atoms with Crippen LogP contribution in [0.15, 0.2) is 35.4 Å². The lowest BCUT2D eigenvalue weighted by atomic mass is 9.87. The first kappa shape index (κ1) is 19.9. The smallest absolute Gasteiger partial charge is 0.271 e.